The largest absolute Gasteiger partial charge is 0.438 e. The normalized spacial score (nSPS) is 17.3. The maximum atomic E-state index is 12.5. The van der Waals surface area contributed by atoms with Crippen molar-refractivity contribution in [2.24, 2.45) is 0 Å². The van der Waals surface area contributed by atoms with Crippen molar-refractivity contribution in [2.75, 3.05) is 6.54 Å². The number of carbonyl (C=O) groups excluding carboxylic acids is 2. The van der Waals surface area contributed by atoms with Gasteiger partial charge < -0.3 is 14.6 Å². The Bertz CT molecular complexity index is 701. The first-order valence-corrected chi connectivity index (χ1v) is 7.40. The minimum absolute atomic E-state index is 0.125. The number of carbonyl (C=O) groups is 2. The average Bonchev–Trinajstić information content (AvgIpc) is 3.23. The fourth-order valence-electron chi connectivity index (χ4n) is 2.66. The van der Waals surface area contributed by atoms with Gasteiger partial charge in [-0.15, -0.1) is 0 Å². The van der Waals surface area contributed by atoms with Gasteiger partial charge in [0.15, 0.2) is 6.39 Å². The molecule has 1 saturated heterocycles. The van der Waals surface area contributed by atoms with Crippen LogP contribution < -0.4 is 5.32 Å². The van der Waals surface area contributed by atoms with Crippen molar-refractivity contribution >= 4 is 11.8 Å². The van der Waals surface area contributed by atoms with E-state index in [1.54, 1.807) is 17.3 Å². The maximum absolute atomic E-state index is 12.5. The van der Waals surface area contributed by atoms with Gasteiger partial charge in [-0.2, -0.15) is 0 Å². The SMILES string of the molecule is CC(=O)NCc1cncc([C@H]2CCCN2C(=O)c2cnco2)n1. The summed E-state index contributed by atoms with van der Waals surface area (Å²) in [5.74, 6) is -0.0986. The minimum atomic E-state index is -0.195. The second-order valence-corrected chi connectivity index (χ2v) is 5.37. The van der Waals surface area contributed by atoms with Crippen LogP contribution in [0.3, 0.4) is 0 Å². The van der Waals surface area contributed by atoms with Gasteiger partial charge in [0.2, 0.25) is 11.7 Å². The standard InChI is InChI=1S/C15H17N5O3/c1-10(21)18-6-11-5-16-7-12(19-11)13-3-2-4-20(13)15(22)14-8-17-9-23-14/h5,7-9,13H,2-4,6H2,1H3,(H,18,21)/t13-/m1/s1. The Hall–Kier alpha value is -2.77. The van der Waals surface area contributed by atoms with Gasteiger partial charge >= 0.3 is 0 Å². The third kappa shape index (κ3) is 3.36. The lowest BCUT2D eigenvalue weighted by Gasteiger charge is -2.23. The van der Waals surface area contributed by atoms with Gasteiger partial charge in [-0.3, -0.25) is 19.6 Å². The van der Waals surface area contributed by atoms with Gasteiger partial charge in [-0.1, -0.05) is 0 Å². The third-order valence-electron chi connectivity index (χ3n) is 3.72. The Morgan fingerprint density at radius 3 is 2.96 bits per heavy atom. The molecule has 8 nitrogen and oxygen atoms in total. The lowest BCUT2D eigenvalue weighted by Crippen LogP contribution is -2.31. The summed E-state index contributed by atoms with van der Waals surface area (Å²) in [7, 11) is 0. The summed E-state index contributed by atoms with van der Waals surface area (Å²) in [4.78, 5) is 37.7. The molecule has 1 aliphatic heterocycles. The summed E-state index contributed by atoms with van der Waals surface area (Å²) in [5.41, 5.74) is 1.38. The van der Waals surface area contributed by atoms with Crippen LogP contribution in [-0.4, -0.2) is 38.2 Å². The van der Waals surface area contributed by atoms with Crippen molar-refractivity contribution in [1.29, 1.82) is 0 Å². The van der Waals surface area contributed by atoms with E-state index < -0.39 is 0 Å². The Morgan fingerprint density at radius 1 is 1.35 bits per heavy atom. The quantitative estimate of drug-likeness (QED) is 0.906. The summed E-state index contributed by atoms with van der Waals surface area (Å²) >= 11 is 0. The molecule has 0 unspecified atom stereocenters. The van der Waals surface area contributed by atoms with Crippen LogP contribution in [0.4, 0.5) is 0 Å². The van der Waals surface area contributed by atoms with Crippen LogP contribution in [0.5, 0.6) is 0 Å². The molecular weight excluding hydrogens is 298 g/mol. The lowest BCUT2D eigenvalue weighted by atomic mass is 10.1. The van der Waals surface area contributed by atoms with Crippen LogP contribution in [0.25, 0.3) is 0 Å². The molecule has 23 heavy (non-hydrogen) atoms. The van der Waals surface area contributed by atoms with E-state index in [1.165, 1.54) is 19.5 Å². The van der Waals surface area contributed by atoms with Gasteiger partial charge in [-0.05, 0) is 12.8 Å². The Morgan fingerprint density at radius 2 is 2.22 bits per heavy atom. The predicted octanol–water partition coefficient (Wildman–Crippen LogP) is 1.08. The Labute approximate surface area is 132 Å². The van der Waals surface area contributed by atoms with Crippen LogP contribution in [0.1, 0.15) is 47.7 Å². The number of nitrogens with one attached hydrogen (secondary N) is 1. The van der Waals surface area contributed by atoms with Gasteiger partial charge in [0.25, 0.3) is 5.91 Å². The molecule has 1 fully saturated rings. The smallest absolute Gasteiger partial charge is 0.291 e. The predicted molar refractivity (Wildman–Crippen MR) is 79.1 cm³/mol. The molecule has 8 heteroatoms. The number of rotatable bonds is 4. The molecule has 3 heterocycles. The summed E-state index contributed by atoms with van der Waals surface area (Å²) < 4.78 is 5.09. The van der Waals surface area contributed by atoms with Crippen molar-refractivity contribution in [3.63, 3.8) is 0 Å². The van der Waals surface area contributed by atoms with E-state index >= 15 is 0 Å². The fourth-order valence-corrected chi connectivity index (χ4v) is 2.66. The lowest BCUT2D eigenvalue weighted by molar-refractivity contribution is -0.119. The summed E-state index contributed by atoms with van der Waals surface area (Å²) in [6.07, 6.45) is 7.63. The van der Waals surface area contributed by atoms with Crippen molar-refractivity contribution in [1.82, 2.24) is 25.2 Å². The van der Waals surface area contributed by atoms with Crippen molar-refractivity contribution < 1.29 is 14.0 Å². The van der Waals surface area contributed by atoms with Crippen LogP contribution in [0.2, 0.25) is 0 Å². The van der Waals surface area contributed by atoms with E-state index in [2.05, 4.69) is 20.3 Å². The number of oxazole rings is 1. The number of hydrogen-bond acceptors (Lipinski definition) is 6. The van der Waals surface area contributed by atoms with Crippen LogP contribution >= 0.6 is 0 Å². The second kappa shape index (κ2) is 6.55. The molecule has 1 N–H and O–H groups in total. The zero-order valence-corrected chi connectivity index (χ0v) is 12.7. The van der Waals surface area contributed by atoms with E-state index in [0.29, 0.717) is 18.8 Å². The Balaban J connectivity index is 1.78. The molecule has 0 radical (unpaired) electrons. The van der Waals surface area contributed by atoms with E-state index in [4.69, 9.17) is 4.42 Å². The number of aromatic nitrogens is 3. The van der Waals surface area contributed by atoms with E-state index in [1.807, 2.05) is 0 Å². The molecule has 2 amide bonds. The first kappa shape index (κ1) is 15.1. The molecule has 0 aliphatic carbocycles. The summed E-state index contributed by atoms with van der Waals surface area (Å²) in [6, 6.07) is -0.141. The first-order chi connectivity index (χ1) is 11.1. The van der Waals surface area contributed by atoms with E-state index in [9.17, 15) is 9.59 Å². The summed E-state index contributed by atoms with van der Waals surface area (Å²) in [6.45, 7) is 2.41. The minimum Gasteiger partial charge on any atom is -0.438 e. The number of likely N-dealkylation sites (tertiary alicyclic amines) is 1. The highest BCUT2D eigenvalue weighted by molar-refractivity contribution is 5.91. The second-order valence-electron chi connectivity index (χ2n) is 5.37. The van der Waals surface area contributed by atoms with Crippen molar-refractivity contribution in [2.45, 2.75) is 32.4 Å². The average molecular weight is 315 g/mol. The fraction of sp³-hybridized carbons (Fsp3) is 0.400. The zero-order chi connectivity index (χ0) is 16.2. The Kier molecular flexibility index (Phi) is 4.31. The van der Waals surface area contributed by atoms with E-state index in [-0.39, 0.29) is 23.6 Å². The number of nitrogens with zero attached hydrogens (tertiary/aromatic N) is 4. The highest BCUT2D eigenvalue weighted by atomic mass is 16.3. The van der Waals surface area contributed by atoms with Gasteiger partial charge in [-0.25, -0.2) is 4.98 Å². The molecule has 0 spiro atoms. The van der Waals surface area contributed by atoms with Crippen LogP contribution in [-0.2, 0) is 11.3 Å². The molecular formula is C15H17N5O3. The molecule has 1 aliphatic rings. The van der Waals surface area contributed by atoms with Gasteiger partial charge in [0, 0.05) is 13.5 Å². The highest BCUT2D eigenvalue weighted by Crippen LogP contribution is 2.31. The number of amides is 2. The first-order valence-electron chi connectivity index (χ1n) is 7.40. The van der Waals surface area contributed by atoms with E-state index in [0.717, 1.165) is 18.5 Å². The van der Waals surface area contributed by atoms with Crippen molar-refractivity contribution in [3.8, 4) is 0 Å². The van der Waals surface area contributed by atoms with Gasteiger partial charge in [0.1, 0.15) is 0 Å². The molecule has 0 aromatic carbocycles. The van der Waals surface area contributed by atoms with Crippen LogP contribution in [0, 0.1) is 0 Å². The maximum Gasteiger partial charge on any atom is 0.291 e. The molecule has 3 rings (SSSR count). The molecule has 1 atom stereocenters. The molecule has 120 valence electrons. The molecule has 0 saturated carbocycles. The topological polar surface area (TPSA) is 101 Å². The molecule has 2 aromatic heterocycles. The third-order valence-corrected chi connectivity index (χ3v) is 3.72. The molecule has 2 aromatic rings. The zero-order valence-electron chi connectivity index (χ0n) is 12.7. The number of hydrogen-bond donors (Lipinski definition) is 1. The highest BCUT2D eigenvalue weighted by Gasteiger charge is 2.33. The van der Waals surface area contributed by atoms with Crippen molar-refractivity contribution in [3.05, 3.63) is 42.1 Å². The summed E-state index contributed by atoms with van der Waals surface area (Å²) in [5, 5.41) is 2.69. The molecule has 0 bridgehead atoms. The van der Waals surface area contributed by atoms with Crippen LogP contribution in [0.15, 0.2) is 29.4 Å². The van der Waals surface area contributed by atoms with Gasteiger partial charge in [0.05, 0.1) is 42.6 Å². The monoisotopic (exact) mass is 315 g/mol.